The minimum atomic E-state index is 0.260. The van der Waals surface area contributed by atoms with Crippen LogP contribution in [0, 0.1) is 11.3 Å². The number of rotatable bonds is 5. The van der Waals surface area contributed by atoms with Gasteiger partial charge in [-0.05, 0) is 30.6 Å². The molecule has 0 saturated heterocycles. The lowest BCUT2D eigenvalue weighted by molar-refractivity contribution is 0.107. The van der Waals surface area contributed by atoms with Gasteiger partial charge in [0.05, 0.1) is 0 Å². The predicted octanol–water partition coefficient (Wildman–Crippen LogP) is 2.59. The van der Waals surface area contributed by atoms with Crippen LogP contribution in [0.4, 0.5) is 0 Å². The molecule has 1 aliphatic rings. The van der Waals surface area contributed by atoms with Crippen molar-refractivity contribution >= 4 is 0 Å². The standard InChI is InChI=1S/C10H20O/c1-3-4-7-10(2,8-11)9-5-6-9/h9,11H,3-8H2,1-2H3. The number of unbranched alkanes of at least 4 members (excludes halogenated alkanes) is 1. The average molecular weight is 156 g/mol. The van der Waals surface area contributed by atoms with Crippen molar-refractivity contribution in [1.82, 2.24) is 0 Å². The Morgan fingerprint density at radius 1 is 1.45 bits per heavy atom. The molecule has 1 nitrogen and oxygen atoms in total. The van der Waals surface area contributed by atoms with E-state index < -0.39 is 0 Å². The minimum absolute atomic E-state index is 0.260. The van der Waals surface area contributed by atoms with Crippen LogP contribution >= 0.6 is 0 Å². The molecule has 1 unspecified atom stereocenters. The molecule has 0 bridgehead atoms. The fraction of sp³-hybridized carbons (Fsp3) is 1.00. The molecule has 0 spiro atoms. The predicted molar refractivity (Wildman–Crippen MR) is 47.4 cm³/mol. The minimum Gasteiger partial charge on any atom is -0.396 e. The SMILES string of the molecule is CCCCC(C)(CO)C1CC1. The first-order chi connectivity index (χ1) is 5.23. The molecule has 1 heteroatoms. The lowest BCUT2D eigenvalue weighted by Crippen LogP contribution is -2.23. The number of hydrogen-bond acceptors (Lipinski definition) is 1. The van der Waals surface area contributed by atoms with E-state index in [1.807, 2.05) is 0 Å². The summed E-state index contributed by atoms with van der Waals surface area (Å²) in [5.74, 6) is 0.832. The van der Waals surface area contributed by atoms with Crippen LogP contribution in [-0.2, 0) is 0 Å². The second-order valence-corrected chi connectivity index (χ2v) is 4.19. The molecule has 0 aromatic heterocycles. The highest BCUT2D eigenvalue weighted by molar-refractivity contribution is 4.90. The summed E-state index contributed by atoms with van der Waals surface area (Å²) in [6, 6.07) is 0. The van der Waals surface area contributed by atoms with E-state index in [4.69, 9.17) is 0 Å². The molecule has 0 aromatic carbocycles. The van der Waals surface area contributed by atoms with Crippen molar-refractivity contribution in [3.8, 4) is 0 Å². The Hall–Kier alpha value is -0.0400. The van der Waals surface area contributed by atoms with Crippen LogP contribution in [0.5, 0.6) is 0 Å². The van der Waals surface area contributed by atoms with E-state index in [0.29, 0.717) is 6.61 Å². The first kappa shape index (κ1) is 9.05. The summed E-state index contributed by atoms with van der Waals surface area (Å²) < 4.78 is 0. The first-order valence-electron chi connectivity index (χ1n) is 4.84. The fourth-order valence-corrected chi connectivity index (χ4v) is 1.77. The lowest BCUT2D eigenvalue weighted by atomic mass is 9.81. The number of aliphatic hydroxyl groups is 1. The Bertz CT molecular complexity index is 118. The third-order valence-corrected chi connectivity index (χ3v) is 3.03. The summed E-state index contributed by atoms with van der Waals surface area (Å²) in [6.45, 7) is 4.84. The van der Waals surface area contributed by atoms with Crippen LogP contribution in [-0.4, -0.2) is 11.7 Å². The monoisotopic (exact) mass is 156 g/mol. The average Bonchev–Trinajstić information content (AvgIpc) is 2.82. The summed E-state index contributed by atoms with van der Waals surface area (Å²) in [7, 11) is 0. The van der Waals surface area contributed by atoms with E-state index in [2.05, 4.69) is 13.8 Å². The Morgan fingerprint density at radius 3 is 2.45 bits per heavy atom. The van der Waals surface area contributed by atoms with Crippen molar-refractivity contribution in [1.29, 1.82) is 0 Å². The van der Waals surface area contributed by atoms with Gasteiger partial charge in [-0.2, -0.15) is 0 Å². The smallest absolute Gasteiger partial charge is 0.0487 e. The van der Waals surface area contributed by atoms with Gasteiger partial charge in [-0.1, -0.05) is 26.7 Å². The third kappa shape index (κ3) is 2.19. The summed E-state index contributed by atoms with van der Waals surface area (Å²) in [4.78, 5) is 0. The molecule has 0 heterocycles. The summed E-state index contributed by atoms with van der Waals surface area (Å²) in [5, 5.41) is 9.22. The second-order valence-electron chi connectivity index (χ2n) is 4.19. The van der Waals surface area contributed by atoms with Gasteiger partial charge in [0.25, 0.3) is 0 Å². The topological polar surface area (TPSA) is 20.2 Å². The molecule has 1 N–H and O–H groups in total. The molecule has 1 aliphatic carbocycles. The zero-order valence-corrected chi connectivity index (χ0v) is 7.77. The number of aliphatic hydroxyl groups excluding tert-OH is 1. The highest BCUT2D eigenvalue weighted by atomic mass is 16.3. The molecule has 0 amide bonds. The van der Waals surface area contributed by atoms with Gasteiger partial charge in [0.1, 0.15) is 0 Å². The summed E-state index contributed by atoms with van der Waals surface area (Å²) in [5.41, 5.74) is 0.260. The van der Waals surface area contributed by atoms with Gasteiger partial charge in [-0.15, -0.1) is 0 Å². The van der Waals surface area contributed by atoms with E-state index in [-0.39, 0.29) is 5.41 Å². The molecule has 1 rings (SSSR count). The second kappa shape index (κ2) is 3.57. The van der Waals surface area contributed by atoms with E-state index >= 15 is 0 Å². The van der Waals surface area contributed by atoms with Crippen molar-refractivity contribution < 1.29 is 5.11 Å². The molecule has 0 aromatic rings. The van der Waals surface area contributed by atoms with Crippen LogP contribution in [0.1, 0.15) is 46.0 Å². The zero-order chi connectivity index (χ0) is 8.32. The molecule has 0 aliphatic heterocycles. The number of hydrogen-bond donors (Lipinski definition) is 1. The molecule has 66 valence electrons. The molecule has 1 fully saturated rings. The largest absolute Gasteiger partial charge is 0.396 e. The Morgan fingerprint density at radius 2 is 2.09 bits per heavy atom. The quantitative estimate of drug-likeness (QED) is 0.648. The normalized spacial score (nSPS) is 23.2. The lowest BCUT2D eigenvalue weighted by Gasteiger charge is -2.26. The van der Waals surface area contributed by atoms with Gasteiger partial charge in [0.2, 0.25) is 0 Å². The van der Waals surface area contributed by atoms with Crippen molar-refractivity contribution in [3.63, 3.8) is 0 Å². The van der Waals surface area contributed by atoms with Crippen LogP contribution < -0.4 is 0 Å². The van der Waals surface area contributed by atoms with Gasteiger partial charge in [0.15, 0.2) is 0 Å². The van der Waals surface area contributed by atoms with E-state index in [1.54, 1.807) is 0 Å². The van der Waals surface area contributed by atoms with Gasteiger partial charge in [-0.3, -0.25) is 0 Å². The van der Waals surface area contributed by atoms with Crippen LogP contribution in [0.25, 0.3) is 0 Å². The summed E-state index contributed by atoms with van der Waals surface area (Å²) >= 11 is 0. The van der Waals surface area contributed by atoms with Crippen LogP contribution in [0.2, 0.25) is 0 Å². The zero-order valence-electron chi connectivity index (χ0n) is 7.77. The maximum atomic E-state index is 9.22. The maximum Gasteiger partial charge on any atom is 0.0487 e. The fourth-order valence-electron chi connectivity index (χ4n) is 1.77. The van der Waals surface area contributed by atoms with E-state index in [1.165, 1.54) is 32.1 Å². The Balaban J connectivity index is 2.31. The van der Waals surface area contributed by atoms with Crippen molar-refractivity contribution in [3.05, 3.63) is 0 Å². The van der Waals surface area contributed by atoms with E-state index in [0.717, 1.165) is 5.92 Å². The van der Waals surface area contributed by atoms with Crippen molar-refractivity contribution in [2.75, 3.05) is 6.61 Å². The molecule has 0 radical (unpaired) electrons. The highest BCUT2D eigenvalue weighted by Crippen LogP contribution is 2.47. The first-order valence-corrected chi connectivity index (χ1v) is 4.84. The van der Waals surface area contributed by atoms with E-state index in [9.17, 15) is 5.11 Å². The maximum absolute atomic E-state index is 9.22. The van der Waals surface area contributed by atoms with Gasteiger partial charge in [-0.25, -0.2) is 0 Å². The van der Waals surface area contributed by atoms with Crippen molar-refractivity contribution in [2.24, 2.45) is 11.3 Å². The molecule has 11 heavy (non-hydrogen) atoms. The molecular weight excluding hydrogens is 136 g/mol. The summed E-state index contributed by atoms with van der Waals surface area (Å²) in [6.07, 6.45) is 6.43. The molecule has 1 saturated carbocycles. The van der Waals surface area contributed by atoms with Crippen LogP contribution in [0.3, 0.4) is 0 Å². The Kier molecular flexibility index (Phi) is 2.94. The molecule has 1 atom stereocenters. The highest BCUT2D eigenvalue weighted by Gasteiger charge is 2.40. The van der Waals surface area contributed by atoms with Gasteiger partial charge < -0.3 is 5.11 Å². The van der Waals surface area contributed by atoms with Crippen molar-refractivity contribution in [2.45, 2.75) is 46.0 Å². The van der Waals surface area contributed by atoms with Gasteiger partial charge >= 0.3 is 0 Å². The van der Waals surface area contributed by atoms with Crippen LogP contribution in [0.15, 0.2) is 0 Å². The Labute approximate surface area is 69.8 Å². The van der Waals surface area contributed by atoms with Gasteiger partial charge in [0, 0.05) is 6.61 Å². The third-order valence-electron chi connectivity index (χ3n) is 3.03. The molecular formula is C10H20O.